The van der Waals surface area contributed by atoms with E-state index in [0.717, 1.165) is 12.1 Å². The van der Waals surface area contributed by atoms with E-state index in [0.29, 0.717) is 18.6 Å². The average Bonchev–Trinajstić information content (AvgIpc) is 2.54. The molecule has 0 spiro atoms. The molecule has 1 rings (SSSR count). The average molecular weight is 458 g/mol. The Kier molecular flexibility index (Phi) is 6.52. The Balaban J connectivity index is 3.06. The SMILES string of the molecule is CCC(C)(C)C(=O)Oc1ccc(OS(=O)(=O)C(F)(F)C(F)(F)[SH](=O)(F)F)cc1. The van der Waals surface area contributed by atoms with Gasteiger partial charge in [-0.3, -0.25) is 4.79 Å². The van der Waals surface area contributed by atoms with Crippen molar-refractivity contribution >= 4 is 26.8 Å². The van der Waals surface area contributed by atoms with Gasteiger partial charge in [-0.2, -0.15) is 26.0 Å². The Morgan fingerprint density at radius 3 is 1.86 bits per heavy atom. The van der Waals surface area contributed by atoms with Gasteiger partial charge in [0.1, 0.15) is 11.5 Å². The number of benzene rings is 1. The molecule has 162 valence electrons. The van der Waals surface area contributed by atoms with Crippen LogP contribution in [-0.2, 0) is 25.6 Å². The molecular weight excluding hydrogens is 442 g/mol. The number of ether oxygens (including phenoxy) is 1. The first kappa shape index (κ1) is 24.2. The summed E-state index contributed by atoms with van der Waals surface area (Å²) in [6, 6.07) is 3.13. The third-order valence-electron chi connectivity index (χ3n) is 3.67. The van der Waals surface area contributed by atoms with Crippen LogP contribution in [0.2, 0.25) is 0 Å². The molecule has 0 unspecified atom stereocenters. The van der Waals surface area contributed by atoms with Crippen LogP contribution in [0.5, 0.6) is 11.5 Å². The summed E-state index contributed by atoms with van der Waals surface area (Å²) in [7, 11) is -14.5. The van der Waals surface area contributed by atoms with Gasteiger partial charge in [0.05, 0.1) is 5.41 Å². The highest BCUT2D eigenvalue weighted by Gasteiger charge is 2.74. The van der Waals surface area contributed by atoms with E-state index in [9.17, 15) is 42.8 Å². The van der Waals surface area contributed by atoms with Gasteiger partial charge in [-0.05, 0) is 44.5 Å². The first-order valence-electron chi connectivity index (χ1n) is 7.40. The van der Waals surface area contributed by atoms with E-state index in [1.165, 1.54) is 0 Å². The number of thiol groups is 1. The fourth-order valence-electron chi connectivity index (χ4n) is 1.43. The maximum Gasteiger partial charge on any atom is 0.458 e. The highest BCUT2D eigenvalue weighted by Crippen LogP contribution is 2.48. The van der Waals surface area contributed by atoms with E-state index in [1.54, 1.807) is 20.8 Å². The molecule has 0 amide bonds. The number of carbonyl (C=O) groups is 1. The second-order valence-electron chi connectivity index (χ2n) is 6.16. The summed E-state index contributed by atoms with van der Waals surface area (Å²) < 4.78 is 119. The number of hydrogen-bond donors (Lipinski definition) is 1. The lowest BCUT2D eigenvalue weighted by Gasteiger charge is -2.26. The molecule has 28 heavy (non-hydrogen) atoms. The molecule has 0 aromatic heterocycles. The van der Waals surface area contributed by atoms with Gasteiger partial charge in [0.25, 0.3) is 0 Å². The molecule has 14 heteroatoms. The molecule has 0 saturated carbocycles. The summed E-state index contributed by atoms with van der Waals surface area (Å²) in [5, 5.41) is -13.1. The van der Waals surface area contributed by atoms with E-state index in [1.807, 2.05) is 0 Å². The quantitative estimate of drug-likeness (QED) is 0.160. The zero-order chi connectivity index (χ0) is 22.2. The number of halogens is 6. The van der Waals surface area contributed by atoms with Crippen molar-refractivity contribution in [3.8, 4) is 11.5 Å². The Labute approximate surface area is 158 Å². The van der Waals surface area contributed by atoms with Crippen LogP contribution in [0.1, 0.15) is 27.2 Å². The van der Waals surface area contributed by atoms with Crippen LogP contribution in [0.4, 0.5) is 25.3 Å². The Morgan fingerprint density at radius 1 is 1.04 bits per heavy atom. The van der Waals surface area contributed by atoms with E-state index in [-0.39, 0.29) is 5.75 Å². The van der Waals surface area contributed by atoms with E-state index in [2.05, 4.69) is 4.18 Å². The number of alkyl halides is 4. The van der Waals surface area contributed by atoms with Gasteiger partial charge in [-0.1, -0.05) is 6.92 Å². The minimum absolute atomic E-state index is 0.148. The molecule has 0 radical (unpaired) electrons. The van der Waals surface area contributed by atoms with Crippen LogP contribution >= 0.6 is 0 Å². The highest BCUT2D eigenvalue weighted by atomic mass is 32.3. The van der Waals surface area contributed by atoms with Crippen molar-refractivity contribution in [3.63, 3.8) is 0 Å². The lowest BCUT2D eigenvalue weighted by molar-refractivity contribution is -0.144. The molecule has 0 heterocycles. The third-order valence-corrected chi connectivity index (χ3v) is 6.05. The maximum absolute atomic E-state index is 13.4. The fraction of sp³-hybridized carbons (Fsp3) is 0.500. The van der Waals surface area contributed by atoms with Crippen molar-refractivity contribution in [3.05, 3.63) is 24.3 Å². The number of esters is 1. The molecule has 0 saturated heterocycles. The summed E-state index contributed by atoms with van der Waals surface area (Å²) in [6.45, 7) is 4.87. The summed E-state index contributed by atoms with van der Waals surface area (Å²) >= 11 is 0. The monoisotopic (exact) mass is 458 g/mol. The second kappa shape index (κ2) is 7.54. The molecule has 1 aromatic carbocycles. The van der Waals surface area contributed by atoms with Gasteiger partial charge < -0.3 is 8.92 Å². The topological polar surface area (TPSA) is 86.7 Å². The molecule has 0 bridgehead atoms. The molecule has 6 nitrogen and oxygen atoms in total. The predicted molar refractivity (Wildman–Crippen MR) is 87.3 cm³/mol. The smallest absolute Gasteiger partial charge is 0.426 e. The zero-order valence-electron chi connectivity index (χ0n) is 14.6. The normalized spacial score (nSPS) is 14.5. The summed E-state index contributed by atoms with van der Waals surface area (Å²) in [5.41, 5.74) is -0.862. The van der Waals surface area contributed by atoms with E-state index < -0.39 is 48.5 Å². The zero-order valence-corrected chi connectivity index (χ0v) is 16.3. The largest absolute Gasteiger partial charge is 0.458 e. The molecule has 1 aromatic rings. The van der Waals surface area contributed by atoms with Crippen molar-refractivity contribution in [2.45, 2.75) is 37.7 Å². The van der Waals surface area contributed by atoms with Crippen LogP contribution < -0.4 is 8.92 Å². The van der Waals surface area contributed by atoms with E-state index >= 15 is 0 Å². The van der Waals surface area contributed by atoms with Gasteiger partial charge in [0.2, 0.25) is 10.7 Å². The third kappa shape index (κ3) is 4.59. The predicted octanol–water partition coefficient (Wildman–Crippen LogP) is 3.71. The van der Waals surface area contributed by atoms with Gasteiger partial charge in [0, 0.05) is 0 Å². The van der Waals surface area contributed by atoms with Crippen LogP contribution in [0.15, 0.2) is 24.3 Å². The Morgan fingerprint density at radius 2 is 1.46 bits per heavy atom. The summed E-state index contributed by atoms with van der Waals surface area (Å²) in [5.74, 6) is -1.77. The van der Waals surface area contributed by atoms with Crippen molar-refractivity contribution in [2.75, 3.05) is 0 Å². The molecule has 0 aliphatic rings. The highest BCUT2D eigenvalue weighted by molar-refractivity contribution is 7.96. The summed E-state index contributed by atoms with van der Waals surface area (Å²) in [4.78, 5) is 11.9. The molecule has 0 fully saturated rings. The maximum atomic E-state index is 13.4. The lowest BCUT2D eigenvalue weighted by Crippen LogP contribution is -2.53. The Bertz CT molecular complexity index is 876. The van der Waals surface area contributed by atoms with Crippen molar-refractivity contribution < 1.29 is 51.7 Å². The van der Waals surface area contributed by atoms with Gasteiger partial charge >= 0.3 is 26.6 Å². The van der Waals surface area contributed by atoms with E-state index in [4.69, 9.17) is 4.74 Å². The Hall–Kier alpha value is -1.83. The minimum Gasteiger partial charge on any atom is -0.426 e. The number of carbonyl (C=O) groups excluding carboxylic acids is 1. The first-order chi connectivity index (χ1) is 12.4. The van der Waals surface area contributed by atoms with Gasteiger partial charge in [-0.15, -0.1) is 7.77 Å². The van der Waals surface area contributed by atoms with Crippen molar-refractivity contribution in [1.29, 1.82) is 0 Å². The van der Waals surface area contributed by atoms with Crippen LogP contribution in [-0.4, -0.2) is 29.1 Å². The van der Waals surface area contributed by atoms with Crippen LogP contribution in [0.3, 0.4) is 0 Å². The lowest BCUT2D eigenvalue weighted by atomic mass is 9.91. The van der Waals surface area contributed by atoms with Crippen molar-refractivity contribution in [1.82, 2.24) is 0 Å². The molecule has 0 atom stereocenters. The fourth-order valence-corrected chi connectivity index (χ4v) is 3.16. The van der Waals surface area contributed by atoms with Gasteiger partial charge in [0.15, 0.2) is 0 Å². The molecule has 0 N–H and O–H groups in total. The molecule has 0 aliphatic carbocycles. The van der Waals surface area contributed by atoms with Gasteiger partial charge in [-0.25, -0.2) is 4.21 Å². The summed E-state index contributed by atoms with van der Waals surface area (Å²) in [6.07, 6.45) is 0.418. The standard InChI is InChI=1S/C14H16F6O6S2/c1-4-12(2,3)11(21)25-9-5-7-10(8-6-9)26-28(23,24)14(17,18)13(15,16)27(19,20)22/h5-8,27H,4H2,1-3H3. The van der Waals surface area contributed by atoms with Crippen LogP contribution in [0, 0.1) is 5.41 Å². The minimum atomic E-state index is -7.83. The second-order valence-corrected chi connectivity index (χ2v) is 9.23. The number of hydrogen-bond acceptors (Lipinski definition) is 6. The number of rotatable bonds is 8. The molecular formula is C14H16F6O6S2. The van der Waals surface area contributed by atoms with Crippen molar-refractivity contribution in [2.24, 2.45) is 5.41 Å². The molecule has 0 aliphatic heterocycles. The first-order valence-corrected chi connectivity index (χ1v) is 10.3. The van der Waals surface area contributed by atoms with Crippen LogP contribution in [0.25, 0.3) is 0 Å².